The van der Waals surface area contributed by atoms with Crippen molar-refractivity contribution in [2.75, 3.05) is 44.7 Å². The number of nitrogens with one attached hydrogen (secondary N) is 1. The molecule has 1 aromatic rings. The van der Waals surface area contributed by atoms with E-state index in [9.17, 15) is 9.18 Å². The van der Waals surface area contributed by atoms with Gasteiger partial charge in [0.15, 0.2) is 0 Å². The molecule has 0 atom stereocenters. The smallest absolute Gasteiger partial charge is 0.335 e. The van der Waals surface area contributed by atoms with Crippen LogP contribution in [0.1, 0.15) is 10.4 Å². The molecule has 1 fully saturated rings. The molecule has 0 radical (unpaired) electrons. The molecule has 1 aliphatic heterocycles. The number of hydrogen-bond acceptors (Lipinski definition) is 4. The summed E-state index contributed by atoms with van der Waals surface area (Å²) in [6.45, 7) is 4.68. The zero-order chi connectivity index (χ0) is 13.7. The summed E-state index contributed by atoms with van der Waals surface area (Å²) < 4.78 is 18.9. The molecule has 104 valence electrons. The van der Waals surface area contributed by atoms with Crippen LogP contribution in [-0.2, 0) is 4.74 Å². The molecular weight excluding hydrogens is 251 g/mol. The van der Waals surface area contributed by atoms with E-state index in [1.807, 2.05) is 0 Å². The molecule has 2 N–H and O–H groups in total. The van der Waals surface area contributed by atoms with E-state index in [0.717, 1.165) is 38.9 Å². The van der Waals surface area contributed by atoms with Gasteiger partial charge >= 0.3 is 5.97 Å². The summed E-state index contributed by atoms with van der Waals surface area (Å²) >= 11 is 0. The van der Waals surface area contributed by atoms with E-state index in [2.05, 4.69) is 10.2 Å². The average Bonchev–Trinajstić information content (AvgIpc) is 2.41. The van der Waals surface area contributed by atoms with Crippen LogP contribution >= 0.6 is 0 Å². The van der Waals surface area contributed by atoms with Crippen molar-refractivity contribution < 1.29 is 19.0 Å². The summed E-state index contributed by atoms with van der Waals surface area (Å²) in [6, 6.07) is 3.87. The lowest BCUT2D eigenvalue weighted by molar-refractivity contribution is 0.0398. The monoisotopic (exact) mass is 268 g/mol. The first-order valence-electron chi connectivity index (χ1n) is 6.23. The van der Waals surface area contributed by atoms with E-state index in [1.54, 1.807) is 0 Å². The number of benzene rings is 1. The van der Waals surface area contributed by atoms with Crippen molar-refractivity contribution in [3.8, 4) is 0 Å². The third-order valence-corrected chi connectivity index (χ3v) is 3.06. The number of ether oxygens (including phenoxy) is 1. The highest BCUT2D eigenvalue weighted by Crippen LogP contribution is 2.15. The van der Waals surface area contributed by atoms with Gasteiger partial charge in [0.05, 0.1) is 24.5 Å². The van der Waals surface area contributed by atoms with Crippen LogP contribution in [-0.4, -0.2) is 55.4 Å². The number of anilines is 1. The van der Waals surface area contributed by atoms with Crippen LogP contribution in [0.2, 0.25) is 0 Å². The second kappa shape index (κ2) is 6.49. The minimum atomic E-state index is -1.13. The predicted octanol–water partition coefficient (Wildman–Crippen LogP) is 1.27. The van der Waals surface area contributed by atoms with Crippen LogP contribution in [0, 0.1) is 5.82 Å². The molecule has 0 saturated carbocycles. The van der Waals surface area contributed by atoms with Crippen molar-refractivity contribution in [3.05, 3.63) is 29.6 Å². The molecule has 2 rings (SSSR count). The summed E-state index contributed by atoms with van der Waals surface area (Å²) in [4.78, 5) is 12.9. The van der Waals surface area contributed by atoms with Crippen molar-refractivity contribution >= 4 is 11.7 Å². The van der Waals surface area contributed by atoms with Crippen LogP contribution in [0.15, 0.2) is 18.2 Å². The number of carboxylic acids is 1. The number of halogens is 1. The molecule has 0 unspecified atom stereocenters. The minimum Gasteiger partial charge on any atom is -0.478 e. The van der Waals surface area contributed by atoms with E-state index in [-0.39, 0.29) is 5.56 Å². The molecule has 0 aromatic heterocycles. The average molecular weight is 268 g/mol. The Morgan fingerprint density at radius 1 is 1.42 bits per heavy atom. The summed E-state index contributed by atoms with van der Waals surface area (Å²) in [7, 11) is 0. The highest BCUT2D eigenvalue weighted by molar-refractivity contribution is 5.88. The summed E-state index contributed by atoms with van der Waals surface area (Å²) in [6.07, 6.45) is 0. The molecule has 1 aliphatic rings. The molecule has 1 heterocycles. The lowest BCUT2D eigenvalue weighted by atomic mass is 10.2. The third-order valence-electron chi connectivity index (χ3n) is 3.06. The Bertz CT molecular complexity index is 448. The number of rotatable bonds is 5. The van der Waals surface area contributed by atoms with E-state index in [1.165, 1.54) is 12.1 Å². The minimum absolute atomic E-state index is 0.0452. The van der Waals surface area contributed by atoms with Crippen LogP contribution in [0.25, 0.3) is 0 Å². The lowest BCUT2D eigenvalue weighted by Crippen LogP contribution is -2.39. The van der Waals surface area contributed by atoms with Crippen molar-refractivity contribution in [1.82, 2.24) is 4.90 Å². The van der Waals surface area contributed by atoms with E-state index < -0.39 is 11.8 Å². The molecule has 0 bridgehead atoms. The first-order valence-corrected chi connectivity index (χ1v) is 6.23. The molecule has 0 aliphatic carbocycles. The highest BCUT2D eigenvalue weighted by Gasteiger charge is 2.11. The number of carbonyl (C=O) groups is 1. The largest absolute Gasteiger partial charge is 0.478 e. The third kappa shape index (κ3) is 3.90. The van der Waals surface area contributed by atoms with Crippen LogP contribution < -0.4 is 5.32 Å². The maximum atomic E-state index is 13.6. The van der Waals surface area contributed by atoms with Gasteiger partial charge in [-0.15, -0.1) is 0 Å². The normalized spacial score (nSPS) is 16.3. The Morgan fingerprint density at radius 3 is 2.79 bits per heavy atom. The van der Waals surface area contributed by atoms with E-state index in [4.69, 9.17) is 9.84 Å². The second-order valence-electron chi connectivity index (χ2n) is 4.38. The quantitative estimate of drug-likeness (QED) is 0.842. The topological polar surface area (TPSA) is 61.8 Å². The van der Waals surface area contributed by atoms with Crippen LogP contribution in [0.3, 0.4) is 0 Å². The predicted molar refractivity (Wildman–Crippen MR) is 69.1 cm³/mol. The fourth-order valence-corrected chi connectivity index (χ4v) is 1.96. The van der Waals surface area contributed by atoms with Gasteiger partial charge in [-0.25, -0.2) is 9.18 Å². The van der Waals surface area contributed by atoms with Gasteiger partial charge in [0, 0.05) is 26.2 Å². The highest BCUT2D eigenvalue weighted by atomic mass is 19.1. The number of aromatic carboxylic acids is 1. The SMILES string of the molecule is O=C(O)c1ccc(NCCN2CCOCC2)c(F)c1. The van der Waals surface area contributed by atoms with Gasteiger partial charge in [0.25, 0.3) is 0 Å². The molecule has 19 heavy (non-hydrogen) atoms. The second-order valence-corrected chi connectivity index (χ2v) is 4.38. The van der Waals surface area contributed by atoms with Crippen molar-refractivity contribution in [3.63, 3.8) is 0 Å². The maximum Gasteiger partial charge on any atom is 0.335 e. The lowest BCUT2D eigenvalue weighted by Gasteiger charge is -2.26. The fourth-order valence-electron chi connectivity index (χ4n) is 1.96. The van der Waals surface area contributed by atoms with Gasteiger partial charge in [-0.1, -0.05) is 0 Å². The summed E-state index contributed by atoms with van der Waals surface area (Å²) in [5.74, 6) is -1.67. The van der Waals surface area contributed by atoms with Gasteiger partial charge in [0.2, 0.25) is 0 Å². The van der Waals surface area contributed by atoms with Crippen molar-refractivity contribution in [2.45, 2.75) is 0 Å². The number of morpholine rings is 1. The van der Waals surface area contributed by atoms with Gasteiger partial charge in [-0.2, -0.15) is 0 Å². The summed E-state index contributed by atoms with van der Waals surface area (Å²) in [5.41, 5.74) is 0.287. The molecule has 6 heteroatoms. The standard InChI is InChI=1S/C13H17FN2O3/c14-11-9-10(13(17)18)1-2-12(11)15-3-4-16-5-7-19-8-6-16/h1-2,9,15H,3-8H2,(H,17,18). The van der Waals surface area contributed by atoms with E-state index >= 15 is 0 Å². The maximum absolute atomic E-state index is 13.6. The molecule has 5 nitrogen and oxygen atoms in total. The first kappa shape index (κ1) is 13.8. The molecule has 1 aromatic carbocycles. The van der Waals surface area contributed by atoms with E-state index in [0.29, 0.717) is 12.2 Å². The Kier molecular flexibility index (Phi) is 4.70. The number of nitrogens with zero attached hydrogens (tertiary/aromatic N) is 1. The number of hydrogen-bond donors (Lipinski definition) is 2. The van der Waals surface area contributed by atoms with Crippen LogP contribution in [0.5, 0.6) is 0 Å². The molecular formula is C13H17FN2O3. The van der Waals surface area contributed by atoms with Crippen molar-refractivity contribution in [1.29, 1.82) is 0 Å². The van der Waals surface area contributed by atoms with Crippen LogP contribution in [0.4, 0.5) is 10.1 Å². The number of carboxylic acid groups (broad SMARTS) is 1. The Labute approximate surface area is 111 Å². The zero-order valence-electron chi connectivity index (χ0n) is 10.6. The molecule has 1 saturated heterocycles. The van der Waals surface area contributed by atoms with Gasteiger partial charge in [-0.05, 0) is 18.2 Å². The Morgan fingerprint density at radius 2 is 2.16 bits per heavy atom. The Balaban J connectivity index is 1.83. The summed E-state index contributed by atoms with van der Waals surface area (Å²) in [5, 5.41) is 11.7. The molecule has 0 amide bonds. The molecule has 0 spiro atoms. The first-order chi connectivity index (χ1) is 9.16. The zero-order valence-corrected chi connectivity index (χ0v) is 10.6. The van der Waals surface area contributed by atoms with Gasteiger partial charge < -0.3 is 15.2 Å². The van der Waals surface area contributed by atoms with Crippen molar-refractivity contribution in [2.24, 2.45) is 0 Å². The fraction of sp³-hybridized carbons (Fsp3) is 0.462. The van der Waals surface area contributed by atoms with Gasteiger partial charge in [0.1, 0.15) is 5.82 Å². The Hall–Kier alpha value is -1.66. The van der Waals surface area contributed by atoms with Gasteiger partial charge in [-0.3, -0.25) is 4.90 Å².